The molecule has 1 heterocycles. The maximum absolute atomic E-state index is 12.4. The number of benzene rings is 2. The third kappa shape index (κ3) is 2.43. The highest BCUT2D eigenvalue weighted by atomic mass is 79.9. The van der Waals surface area contributed by atoms with Crippen LogP contribution in [0.3, 0.4) is 0 Å². The maximum Gasteiger partial charge on any atom is 0.249 e. The minimum absolute atomic E-state index is 0.365. The molecule has 0 radical (unpaired) electrons. The summed E-state index contributed by atoms with van der Waals surface area (Å²) in [5.74, 6) is -1.01. The minimum Gasteiger partial charge on any atom is -0.351 e. The molecule has 21 heavy (non-hydrogen) atoms. The Kier molecular flexibility index (Phi) is 3.47. The highest BCUT2D eigenvalue weighted by Gasteiger charge is 2.22. The first-order valence-corrected chi connectivity index (χ1v) is 7.29. The zero-order chi connectivity index (χ0) is 15.0. The second-order valence-corrected chi connectivity index (χ2v) is 5.75. The van der Waals surface area contributed by atoms with Gasteiger partial charge in [-0.15, -0.1) is 0 Å². The van der Waals surface area contributed by atoms with Crippen molar-refractivity contribution in [3.63, 3.8) is 0 Å². The highest BCUT2D eigenvalue weighted by molar-refractivity contribution is 9.10. The molecule has 0 aliphatic rings. The van der Waals surface area contributed by atoms with Crippen molar-refractivity contribution in [1.82, 2.24) is 4.98 Å². The van der Waals surface area contributed by atoms with E-state index >= 15 is 0 Å². The second-order valence-electron chi connectivity index (χ2n) is 4.84. The molecular weight excluding hydrogens is 330 g/mol. The summed E-state index contributed by atoms with van der Waals surface area (Å²) in [6.45, 7) is 1.85. The van der Waals surface area contributed by atoms with Crippen LogP contribution in [0.4, 0.5) is 0 Å². The Hall–Kier alpha value is -2.20. The van der Waals surface area contributed by atoms with Gasteiger partial charge in [-0.3, -0.25) is 9.59 Å². The van der Waals surface area contributed by atoms with Crippen LogP contribution < -0.4 is 0 Å². The fraction of sp³-hybridized carbons (Fsp3) is 0.0588. The van der Waals surface area contributed by atoms with Crippen LogP contribution in [0.5, 0.6) is 0 Å². The van der Waals surface area contributed by atoms with Gasteiger partial charge in [-0.1, -0.05) is 34.1 Å². The van der Waals surface area contributed by atoms with E-state index in [4.69, 9.17) is 0 Å². The number of hydrogen-bond donors (Lipinski definition) is 1. The first-order chi connectivity index (χ1) is 10.1. The molecule has 0 aliphatic heterocycles. The van der Waals surface area contributed by atoms with Crippen molar-refractivity contribution in [2.45, 2.75) is 6.92 Å². The van der Waals surface area contributed by atoms with Crippen LogP contribution in [0, 0.1) is 6.92 Å². The van der Waals surface area contributed by atoms with E-state index in [0.717, 1.165) is 20.9 Å². The molecule has 0 saturated heterocycles. The van der Waals surface area contributed by atoms with Gasteiger partial charge in [-0.25, -0.2) is 0 Å². The lowest BCUT2D eigenvalue weighted by Crippen LogP contribution is -2.15. The molecule has 104 valence electrons. The van der Waals surface area contributed by atoms with Crippen molar-refractivity contribution in [2.24, 2.45) is 0 Å². The van der Waals surface area contributed by atoms with E-state index in [0.29, 0.717) is 11.3 Å². The van der Waals surface area contributed by atoms with E-state index in [1.165, 1.54) is 0 Å². The molecule has 0 atom stereocenters. The van der Waals surface area contributed by atoms with Crippen LogP contribution in [0.15, 0.2) is 53.0 Å². The predicted molar refractivity (Wildman–Crippen MR) is 85.8 cm³/mol. The van der Waals surface area contributed by atoms with Gasteiger partial charge in [-0.05, 0) is 42.8 Å². The summed E-state index contributed by atoms with van der Waals surface area (Å²) in [4.78, 5) is 27.8. The zero-order valence-corrected chi connectivity index (χ0v) is 12.9. The van der Waals surface area contributed by atoms with Crippen molar-refractivity contribution in [2.75, 3.05) is 0 Å². The molecule has 0 spiro atoms. The van der Waals surface area contributed by atoms with E-state index in [-0.39, 0.29) is 0 Å². The number of para-hydroxylation sites is 1. The molecule has 0 unspecified atom stereocenters. The average molecular weight is 342 g/mol. The van der Waals surface area contributed by atoms with Gasteiger partial charge in [0.25, 0.3) is 0 Å². The molecule has 3 aromatic rings. The monoisotopic (exact) mass is 341 g/mol. The summed E-state index contributed by atoms with van der Waals surface area (Å²) >= 11 is 3.31. The van der Waals surface area contributed by atoms with Crippen LogP contribution >= 0.6 is 15.9 Å². The Morgan fingerprint density at radius 2 is 1.62 bits per heavy atom. The quantitative estimate of drug-likeness (QED) is 0.570. The number of fused-ring (bicyclic) bond motifs is 1. The van der Waals surface area contributed by atoms with Crippen LogP contribution in [0.1, 0.15) is 26.4 Å². The van der Waals surface area contributed by atoms with Gasteiger partial charge < -0.3 is 4.98 Å². The molecule has 4 heteroatoms. The standard InChI is InChI=1S/C17H12BrNO2/c1-10-13-4-2-3-5-14(13)19-15(10)17(21)16(20)11-6-8-12(18)9-7-11/h2-9,19H,1H3. The predicted octanol–water partition coefficient (Wildman–Crippen LogP) is 4.30. The molecule has 1 aromatic heterocycles. The number of aryl methyl sites for hydroxylation is 1. The Labute approximate surface area is 130 Å². The number of carbonyl (C=O) groups is 2. The Balaban J connectivity index is 2.02. The molecule has 3 rings (SSSR count). The van der Waals surface area contributed by atoms with Gasteiger partial charge in [0.05, 0.1) is 5.69 Å². The largest absolute Gasteiger partial charge is 0.351 e. The summed E-state index contributed by atoms with van der Waals surface area (Å²) in [5.41, 5.74) is 2.42. The van der Waals surface area contributed by atoms with Crippen LogP contribution in [0.25, 0.3) is 10.9 Å². The van der Waals surface area contributed by atoms with Gasteiger partial charge in [0.2, 0.25) is 11.6 Å². The van der Waals surface area contributed by atoms with Crippen LogP contribution in [-0.2, 0) is 0 Å². The first-order valence-electron chi connectivity index (χ1n) is 6.50. The van der Waals surface area contributed by atoms with Crippen molar-refractivity contribution in [1.29, 1.82) is 0 Å². The van der Waals surface area contributed by atoms with E-state index in [1.807, 2.05) is 31.2 Å². The maximum atomic E-state index is 12.4. The number of ketones is 2. The van der Waals surface area contributed by atoms with Crippen LogP contribution in [0.2, 0.25) is 0 Å². The fourth-order valence-electron chi connectivity index (χ4n) is 2.36. The van der Waals surface area contributed by atoms with E-state index in [9.17, 15) is 9.59 Å². The highest BCUT2D eigenvalue weighted by Crippen LogP contribution is 2.22. The molecule has 1 N–H and O–H groups in total. The molecule has 0 amide bonds. The fourth-order valence-corrected chi connectivity index (χ4v) is 2.62. The lowest BCUT2D eigenvalue weighted by Gasteiger charge is -2.00. The molecule has 0 bridgehead atoms. The normalized spacial score (nSPS) is 10.8. The molecule has 0 aliphatic carbocycles. The third-order valence-electron chi connectivity index (χ3n) is 3.51. The Morgan fingerprint density at radius 1 is 0.952 bits per heavy atom. The summed E-state index contributed by atoms with van der Waals surface area (Å²) in [6.07, 6.45) is 0. The summed E-state index contributed by atoms with van der Waals surface area (Å²) < 4.78 is 0.869. The van der Waals surface area contributed by atoms with Crippen molar-refractivity contribution < 1.29 is 9.59 Å². The molecule has 0 saturated carbocycles. The Bertz CT molecular complexity index is 847. The third-order valence-corrected chi connectivity index (χ3v) is 4.03. The summed E-state index contributed by atoms with van der Waals surface area (Å²) in [7, 11) is 0. The number of Topliss-reactive ketones (excluding diaryl/α,β-unsaturated/α-hetero) is 2. The van der Waals surface area contributed by atoms with E-state index in [2.05, 4.69) is 20.9 Å². The van der Waals surface area contributed by atoms with E-state index in [1.54, 1.807) is 24.3 Å². The molecule has 2 aromatic carbocycles. The average Bonchev–Trinajstić information content (AvgIpc) is 2.84. The number of H-pyrrole nitrogens is 1. The second kappa shape index (κ2) is 5.30. The number of aromatic nitrogens is 1. The van der Waals surface area contributed by atoms with Crippen LogP contribution in [-0.4, -0.2) is 16.6 Å². The van der Waals surface area contributed by atoms with Crippen molar-refractivity contribution >= 4 is 38.4 Å². The Morgan fingerprint density at radius 3 is 2.29 bits per heavy atom. The number of nitrogens with one attached hydrogen (secondary N) is 1. The molecule has 0 fully saturated rings. The van der Waals surface area contributed by atoms with Gasteiger partial charge >= 0.3 is 0 Å². The number of carbonyl (C=O) groups excluding carboxylic acids is 2. The zero-order valence-electron chi connectivity index (χ0n) is 11.3. The lowest BCUT2D eigenvalue weighted by molar-refractivity contribution is 0.0814. The molecular formula is C17H12BrNO2. The van der Waals surface area contributed by atoms with Gasteiger partial charge in [0.1, 0.15) is 0 Å². The van der Waals surface area contributed by atoms with Crippen molar-refractivity contribution in [3.8, 4) is 0 Å². The summed E-state index contributed by atoms with van der Waals surface area (Å²) in [6, 6.07) is 14.4. The SMILES string of the molecule is Cc1c(C(=O)C(=O)c2ccc(Br)cc2)[nH]c2ccccc12. The van der Waals surface area contributed by atoms with E-state index < -0.39 is 11.6 Å². The molecule has 3 nitrogen and oxygen atoms in total. The number of aromatic amines is 1. The number of rotatable bonds is 3. The minimum atomic E-state index is -0.508. The van der Waals surface area contributed by atoms with Gasteiger partial charge in [0, 0.05) is 20.9 Å². The first kappa shape index (κ1) is 13.8. The lowest BCUT2D eigenvalue weighted by atomic mass is 10.0. The van der Waals surface area contributed by atoms with Gasteiger partial charge in [-0.2, -0.15) is 0 Å². The van der Waals surface area contributed by atoms with Gasteiger partial charge in [0.15, 0.2) is 0 Å². The number of halogens is 1. The van der Waals surface area contributed by atoms with Crippen molar-refractivity contribution in [3.05, 3.63) is 69.8 Å². The number of hydrogen-bond acceptors (Lipinski definition) is 2. The topological polar surface area (TPSA) is 49.9 Å². The summed E-state index contributed by atoms with van der Waals surface area (Å²) in [5, 5.41) is 0.962. The smallest absolute Gasteiger partial charge is 0.249 e.